The third-order valence-electron chi connectivity index (χ3n) is 1.54. The lowest BCUT2D eigenvalue weighted by Gasteiger charge is -2.17. The highest BCUT2D eigenvalue weighted by Gasteiger charge is 2.13. The predicted molar refractivity (Wildman–Crippen MR) is 45.0 cm³/mol. The summed E-state index contributed by atoms with van der Waals surface area (Å²) in [7, 11) is 0. The Morgan fingerprint density at radius 1 is 1.25 bits per heavy atom. The zero-order valence-electron chi connectivity index (χ0n) is 5.93. The maximum Gasteiger partial charge on any atom is 0.157 e. The van der Waals surface area contributed by atoms with Gasteiger partial charge in [0.05, 0.1) is 10.0 Å². The van der Waals surface area contributed by atoms with Gasteiger partial charge in [0, 0.05) is 11.6 Å². The smallest absolute Gasteiger partial charge is 0.157 e. The minimum atomic E-state index is 0.423. The summed E-state index contributed by atoms with van der Waals surface area (Å²) in [6, 6.07) is 3.37. The van der Waals surface area contributed by atoms with Gasteiger partial charge < -0.3 is 4.84 Å². The molecule has 0 bridgehead atoms. The highest BCUT2D eigenvalue weighted by molar-refractivity contribution is 6.42. The second-order valence-electron chi connectivity index (χ2n) is 2.35. The molecule has 0 aromatic heterocycles. The van der Waals surface area contributed by atoms with E-state index in [4.69, 9.17) is 32.9 Å². The molecule has 0 fully saturated rings. The first kappa shape index (κ1) is 8.13. The van der Waals surface area contributed by atoms with Crippen LogP contribution in [0.5, 0.6) is 5.75 Å². The predicted octanol–water partition coefficient (Wildman–Crippen LogP) is 2.32. The van der Waals surface area contributed by atoms with Gasteiger partial charge in [-0.25, -0.2) is 0 Å². The van der Waals surface area contributed by atoms with E-state index in [9.17, 15) is 0 Å². The van der Waals surface area contributed by atoms with Crippen molar-refractivity contribution < 1.29 is 9.68 Å². The molecule has 1 heterocycles. The SMILES string of the molecule is Clc1cc2c(cc1Cl)ONOC2. The molecule has 1 aromatic carbocycles. The third kappa shape index (κ3) is 1.36. The fraction of sp³-hybridized carbons (Fsp3) is 0.143. The van der Waals surface area contributed by atoms with E-state index >= 15 is 0 Å². The minimum absolute atomic E-state index is 0.423. The van der Waals surface area contributed by atoms with Gasteiger partial charge in [0.2, 0.25) is 0 Å². The topological polar surface area (TPSA) is 30.5 Å². The second kappa shape index (κ2) is 3.11. The molecule has 12 heavy (non-hydrogen) atoms. The van der Waals surface area contributed by atoms with E-state index in [2.05, 4.69) is 5.64 Å². The lowest BCUT2D eigenvalue weighted by molar-refractivity contribution is -0.134. The molecule has 0 saturated carbocycles. The van der Waals surface area contributed by atoms with Crippen molar-refractivity contribution in [1.82, 2.24) is 5.64 Å². The molecule has 5 heteroatoms. The molecule has 0 spiro atoms. The minimum Gasteiger partial charge on any atom is -0.383 e. The molecule has 64 valence electrons. The maximum absolute atomic E-state index is 5.78. The highest BCUT2D eigenvalue weighted by atomic mass is 35.5. The van der Waals surface area contributed by atoms with E-state index in [1.54, 1.807) is 12.1 Å². The molecule has 1 aromatic rings. The van der Waals surface area contributed by atoms with Crippen LogP contribution >= 0.6 is 23.2 Å². The quantitative estimate of drug-likeness (QED) is 0.706. The average molecular weight is 206 g/mol. The summed E-state index contributed by atoms with van der Waals surface area (Å²) >= 11 is 11.5. The van der Waals surface area contributed by atoms with E-state index in [1.165, 1.54) is 0 Å². The van der Waals surface area contributed by atoms with Crippen molar-refractivity contribution in [3.05, 3.63) is 27.7 Å². The monoisotopic (exact) mass is 205 g/mol. The van der Waals surface area contributed by atoms with Gasteiger partial charge in [-0.3, -0.25) is 4.84 Å². The van der Waals surface area contributed by atoms with Crippen LogP contribution in [0.25, 0.3) is 0 Å². The third-order valence-corrected chi connectivity index (χ3v) is 2.26. The molecular formula is C7H5Cl2NO2. The van der Waals surface area contributed by atoms with Crippen LogP contribution in [0.4, 0.5) is 0 Å². The first-order valence-electron chi connectivity index (χ1n) is 3.29. The Balaban J connectivity index is 2.49. The molecule has 0 unspecified atom stereocenters. The van der Waals surface area contributed by atoms with E-state index in [1.807, 2.05) is 0 Å². The number of hydrogen-bond acceptors (Lipinski definition) is 3. The highest BCUT2D eigenvalue weighted by Crippen LogP contribution is 2.31. The van der Waals surface area contributed by atoms with Crippen LogP contribution in [-0.2, 0) is 11.4 Å². The number of benzene rings is 1. The Bertz CT molecular complexity index is 286. The molecular weight excluding hydrogens is 201 g/mol. The number of hydrogen-bond donors (Lipinski definition) is 1. The first-order chi connectivity index (χ1) is 5.77. The van der Waals surface area contributed by atoms with Crippen molar-refractivity contribution in [2.24, 2.45) is 0 Å². The molecule has 1 aliphatic rings. The van der Waals surface area contributed by atoms with Gasteiger partial charge in [-0.05, 0) is 11.7 Å². The summed E-state index contributed by atoms with van der Waals surface area (Å²) in [5, 5.41) is 0.976. The van der Waals surface area contributed by atoms with Crippen molar-refractivity contribution in [2.75, 3.05) is 0 Å². The zero-order chi connectivity index (χ0) is 8.55. The van der Waals surface area contributed by atoms with Crippen LogP contribution in [0.3, 0.4) is 0 Å². The van der Waals surface area contributed by atoms with E-state index < -0.39 is 0 Å². The van der Waals surface area contributed by atoms with Gasteiger partial charge in [-0.2, -0.15) is 0 Å². The van der Waals surface area contributed by atoms with E-state index in [-0.39, 0.29) is 0 Å². The van der Waals surface area contributed by atoms with Crippen molar-refractivity contribution in [2.45, 2.75) is 6.61 Å². The summed E-state index contributed by atoms with van der Waals surface area (Å²) in [6.07, 6.45) is 0. The molecule has 1 aliphatic heterocycles. The van der Waals surface area contributed by atoms with E-state index in [0.29, 0.717) is 22.4 Å². The normalized spacial score (nSPS) is 15.2. The Kier molecular flexibility index (Phi) is 2.11. The zero-order valence-corrected chi connectivity index (χ0v) is 7.45. The standard InChI is InChI=1S/C7H5Cl2NO2/c8-5-1-4-3-11-10-12-7(4)2-6(5)9/h1-2,10H,3H2. The molecule has 2 rings (SSSR count). The molecule has 0 atom stereocenters. The number of fused-ring (bicyclic) bond motifs is 1. The fourth-order valence-electron chi connectivity index (χ4n) is 0.959. The summed E-state index contributed by atoms with van der Waals surface area (Å²) in [6.45, 7) is 0.423. The summed E-state index contributed by atoms with van der Waals surface area (Å²) < 4.78 is 0. The molecule has 0 radical (unpaired) electrons. The number of halogens is 2. The van der Waals surface area contributed by atoms with Crippen LogP contribution in [0, 0.1) is 0 Å². The molecule has 3 nitrogen and oxygen atoms in total. The van der Waals surface area contributed by atoms with Gasteiger partial charge in [-0.1, -0.05) is 23.2 Å². The van der Waals surface area contributed by atoms with Gasteiger partial charge >= 0.3 is 0 Å². The molecule has 0 aliphatic carbocycles. The van der Waals surface area contributed by atoms with Gasteiger partial charge in [0.25, 0.3) is 0 Å². The van der Waals surface area contributed by atoms with Crippen LogP contribution in [0.2, 0.25) is 10.0 Å². The van der Waals surface area contributed by atoms with Crippen molar-refractivity contribution in [1.29, 1.82) is 0 Å². The van der Waals surface area contributed by atoms with Gasteiger partial charge in [0.1, 0.15) is 6.61 Å². The number of nitrogens with one attached hydrogen (secondary N) is 1. The van der Waals surface area contributed by atoms with E-state index in [0.717, 1.165) is 5.56 Å². The molecule has 0 amide bonds. The Morgan fingerprint density at radius 3 is 2.83 bits per heavy atom. The van der Waals surface area contributed by atoms with Crippen LogP contribution < -0.4 is 10.5 Å². The largest absolute Gasteiger partial charge is 0.383 e. The first-order valence-corrected chi connectivity index (χ1v) is 4.04. The summed E-state index contributed by atoms with van der Waals surface area (Å²) in [5.41, 5.74) is 3.16. The molecule has 1 N–H and O–H groups in total. The summed E-state index contributed by atoms with van der Waals surface area (Å²) in [4.78, 5) is 9.76. The Labute approximate surface area is 79.1 Å². The van der Waals surface area contributed by atoms with Crippen LogP contribution in [0.1, 0.15) is 5.56 Å². The maximum atomic E-state index is 5.78. The second-order valence-corrected chi connectivity index (χ2v) is 3.16. The van der Waals surface area contributed by atoms with Crippen molar-refractivity contribution in [3.63, 3.8) is 0 Å². The van der Waals surface area contributed by atoms with Crippen molar-refractivity contribution >= 4 is 23.2 Å². The lowest BCUT2D eigenvalue weighted by Crippen LogP contribution is -2.24. The van der Waals surface area contributed by atoms with Gasteiger partial charge in [-0.15, -0.1) is 0 Å². The number of rotatable bonds is 0. The van der Waals surface area contributed by atoms with Crippen LogP contribution in [0.15, 0.2) is 12.1 Å². The summed E-state index contributed by atoms with van der Waals surface area (Å²) in [5.74, 6) is 0.649. The van der Waals surface area contributed by atoms with Crippen LogP contribution in [-0.4, -0.2) is 0 Å². The van der Waals surface area contributed by atoms with Gasteiger partial charge in [0.15, 0.2) is 5.75 Å². The lowest BCUT2D eigenvalue weighted by atomic mass is 10.2. The Hall–Kier alpha value is -0.480. The van der Waals surface area contributed by atoms with Crippen molar-refractivity contribution in [3.8, 4) is 5.75 Å². The molecule has 0 saturated heterocycles. The fourth-order valence-corrected chi connectivity index (χ4v) is 1.30. The average Bonchev–Trinajstić information content (AvgIpc) is 2.07. The Morgan fingerprint density at radius 2 is 2.00 bits per heavy atom.